The minimum atomic E-state index is -0.661. The topological polar surface area (TPSA) is 60.7 Å². The van der Waals surface area contributed by atoms with Gasteiger partial charge < -0.3 is 15.3 Å². The summed E-state index contributed by atoms with van der Waals surface area (Å²) in [6.45, 7) is 12.8. The van der Waals surface area contributed by atoms with Crippen molar-refractivity contribution in [3.05, 3.63) is 35.5 Å². The van der Waals surface area contributed by atoms with E-state index in [1.165, 1.54) is 11.1 Å². The molecule has 0 aromatic heterocycles. The Morgan fingerprint density at radius 2 is 1.83 bits per heavy atom. The van der Waals surface area contributed by atoms with E-state index in [4.69, 9.17) is 0 Å². The Labute approximate surface area is 184 Å². The van der Waals surface area contributed by atoms with Crippen molar-refractivity contribution in [1.29, 1.82) is 0 Å². The summed E-state index contributed by atoms with van der Waals surface area (Å²) in [5, 5.41) is 32.2. The molecule has 30 heavy (non-hydrogen) atoms. The van der Waals surface area contributed by atoms with Crippen LogP contribution >= 0.6 is 0 Å². The maximum Gasteiger partial charge on any atom is 0.0732 e. The van der Waals surface area contributed by atoms with E-state index in [1.54, 1.807) is 0 Å². The van der Waals surface area contributed by atoms with E-state index in [2.05, 4.69) is 46.4 Å². The average Bonchev–Trinajstić information content (AvgIpc) is 2.98. The monoisotopic (exact) mass is 416 g/mol. The van der Waals surface area contributed by atoms with E-state index in [0.717, 1.165) is 63.4 Å². The number of hydrogen-bond donors (Lipinski definition) is 3. The highest BCUT2D eigenvalue weighted by molar-refractivity contribution is 5.36. The SMILES string of the molecule is C=C1CC[C@@H](O)C/C1=C/C=C1\CCC[C@@]2(C)[C@H]1CC[C@]2(O)[C@@H](C)CCC(O)C(C)C. The van der Waals surface area contributed by atoms with Gasteiger partial charge in [0.15, 0.2) is 0 Å². The van der Waals surface area contributed by atoms with Crippen molar-refractivity contribution >= 4 is 0 Å². The predicted octanol–water partition coefficient (Wildman–Crippen LogP) is 5.70. The number of aliphatic hydroxyl groups excluding tert-OH is 2. The van der Waals surface area contributed by atoms with Crippen LogP contribution in [0.15, 0.2) is 35.5 Å². The zero-order valence-corrected chi connectivity index (χ0v) is 19.7. The summed E-state index contributed by atoms with van der Waals surface area (Å²) in [4.78, 5) is 0. The van der Waals surface area contributed by atoms with Crippen LogP contribution in [0.4, 0.5) is 0 Å². The summed E-state index contributed by atoms with van der Waals surface area (Å²) in [6.07, 6.45) is 13.2. The molecule has 0 bridgehead atoms. The first-order chi connectivity index (χ1) is 14.1. The van der Waals surface area contributed by atoms with Gasteiger partial charge in [-0.1, -0.05) is 57.6 Å². The van der Waals surface area contributed by atoms with Gasteiger partial charge in [-0.15, -0.1) is 0 Å². The molecule has 0 aromatic rings. The first kappa shape index (κ1) is 23.8. The minimum absolute atomic E-state index is 0.0964. The van der Waals surface area contributed by atoms with Gasteiger partial charge in [-0.25, -0.2) is 0 Å². The molecule has 3 fully saturated rings. The summed E-state index contributed by atoms with van der Waals surface area (Å²) in [5.74, 6) is 0.878. The predicted molar refractivity (Wildman–Crippen MR) is 124 cm³/mol. The minimum Gasteiger partial charge on any atom is -0.393 e. The quantitative estimate of drug-likeness (QED) is 0.520. The molecule has 3 aliphatic carbocycles. The molecule has 0 radical (unpaired) electrons. The maximum atomic E-state index is 11.9. The van der Waals surface area contributed by atoms with Gasteiger partial charge in [0.1, 0.15) is 0 Å². The van der Waals surface area contributed by atoms with Crippen LogP contribution < -0.4 is 0 Å². The van der Waals surface area contributed by atoms with Gasteiger partial charge in [0.05, 0.1) is 17.8 Å². The average molecular weight is 417 g/mol. The number of hydrogen-bond acceptors (Lipinski definition) is 3. The van der Waals surface area contributed by atoms with Crippen LogP contribution in [-0.4, -0.2) is 33.1 Å². The number of allylic oxidation sites excluding steroid dienone is 4. The van der Waals surface area contributed by atoms with Crippen molar-refractivity contribution in [2.75, 3.05) is 0 Å². The summed E-state index contributed by atoms with van der Waals surface area (Å²) in [7, 11) is 0. The third-order valence-electron chi connectivity index (χ3n) is 8.85. The molecule has 170 valence electrons. The van der Waals surface area contributed by atoms with Gasteiger partial charge in [0.25, 0.3) is 0 Å². The molecule has 3 heteroatoms. The van der Waals surface area contributed by atoms with Gasteiger partial charge in [-0.05, 0) is 87.5 Å². The highest BCUT2D eigenvalue weighted by atomic mass is 16.3. The van der Waals surface area contributed by atoms with Crippen LogP contribution in [0.5, 0.6) is 0 Å². The number of fused-ring (bicyclic) bond motifs is 1. The lowest BCUT2D eigenvalue weighted by atomic mass is 9.58. The molecule has 0 aliphatic heterocycles. The van der Waals surface area contributed by atoms with Crippen molar-refractivity contribution in [2.24, 2.45) is 23.2 Å². The van der Waals surface area contributed by atoms with E-state index in [0.29, 0.717) is 12.3 Å². The van der Waals surface area contributed by atoms with E-state index in [9.17, 15) is 15.3 Å². The molecular formula is C27H44O3. The zero-order valence-electron chi connectivity index (χ0n) is 19.7. The van der Waals surface area contributed by atoms with Crippen LogP contribution in [0, 0.1) is 23.2 Å². The first-order valence-corrected chi connectivity index (χ1v) is 12.2. The standard InChI is InChI=1S/C27H44O3/c1-18(2)25(29)13-9-20(4)27(30)16-14-24-21(7-6-15-26(24,27)5)10-11-22-17-23(28)12-8-19(22)3/h10-11,18,20,23-25,28-30H,3,6-9,12-17H2,1-2,4-5H3/b21-10+,22-11-/t20-,23+,24-,25?,26-,27-/m0/s1. The molecule has 0 saturated heterocycles. The van der Waals surface area contributed by atoms with Crippen LogP contribution in [0.3, 0.4) is 0 Å². The summed E-state index contributed by atoms with van der Waals surface area (Å²) < 4.78 is 0. The lowest BCUT2D eigenvalue weighted by molar-refractivity contribution is -0.116. The molecule has 3 aliphatic rings. The van der Waals surface area contributed by atoms with Gasteiger partial charge in [0.2, 0.25) is 0 Å². The van der Waals surface area contributed by atoms with Crippen molar-refractivity contribution < 1.29 is 15.3 Å². The Morgan fingerprint density at radius 3 is 2.53 bits per heavy atom. The van der Waals surface area contributed by atoms with E-state index in [1.807, 2.05) is 0 Å². The van der Waals surface area contributed by atoms with E-state index >= 15 is 0 Å². The first-order valence-electron chi connectivity index (χ1n) is 12.2. The van der Waals surface area contributed by atoms with Crippen molar-refractivity contribution in [1.82, 2.24) is 0 Å². The molecule has 6 atom stereocenters. The normalized spacial score (nSPS) is 39.5. The molecule has 3 saturated carbocycles. The van der Waals surface area contributed by atoms with Crippen LogP contribution in [-0.2, 0) is 0 Å². The second kappa shape index (κ2) is 9.30. The number of rotatable bonds is 6. The summed E-state index contributed by atoms with van der Waals surface area (Å²) >= 11 is 0. The Morgan fingerprint density at radius 1 is 1.10 bits per heavy atom. The Balaban J connectivity index is 1.76. The Hall–Kier alpha value is -0.900. The fraction of sp³-hybridized carbons (Fsp3) is 0.778. The van der Waals surface area contributed by atoms with Gasteiger partial charge in [-0.3, -0.25) is 0 Å². The molecule has 3 N–H and O–H groups in total. The van der Waals surface area contributed by atoms with Gasteiger partial charge in [0, 0.05) is 5.41 Å². The summed E-state index contributed by atoms with van der Waals surface area (Å²) in [6, 6.07) is 0. The molecule has 0 amide bonds. The Kier molecular flexibility index (Phi) is 7.37. The molecule has 0 aromatic carbocycles. The molecule has 1 unspecified atom stereocenters. The van der Waals surface area contributed by atoms with Crippen LogP contribution in [0.1, 0.15) is 91.9 Å². The molecule has 3 rings (SSSR count). The third kappa shape index (κ3) is 4.49. The maximum absolute atomic E-state index is 11.9. The fourth-order valence-electron chi connectivity index (χ4n) is 6.49. The lowest BCUT2D eigenvalue weighted by Gasteiger charge is -2.50. The van der Waals surface area contributed by atoms with Crippen molar-refractivity contribution in [2.45, 2.75) is 110 Å². The van der Waals surface area contributed by atoms with Gasteiger partial charge >= 0.3 is 0 Å². The second-order valence-electron chi connectivity index (χ2n) is 11.0. The molecular weight excluding hydrogens is 372 g/mol. The summed E-state index contributed by atoms with van der Waals surface area (Å²) in [5.41, 5.74) is 3.07. The van der Waals surface area contributed by atoms with Gasteiger partial charge in [-0.2, -0.15) is 0 Å². The molecule has 3 nitrogen and oxygen atoms in total. The molecule has 0 heterocycles. The lowest BCUT2D eigenvalue weighted by Crippen LogP contribution is -2.51. The highest BCUT2D eigenvalue weighted by Gasteiger charge is 2.59. The van der Waals surface area contributed by atoms with Crippen LogP contribution in [0.25, 0.3) is 0 Å². The largest absolute Gasteiger partial charge is 0.393 e. The highest BCUT2D eigenvalue weighted by Crippen LogP contribution is 2.62. The van der Waals surface area contributed by atoms with Crippen molar-refractivity contribution in [3.63, 3.8) is 0 Å². The fourth-order valence-corrected chi connectivity index (χ4v) is 6.49. The van der Waals surface area contributed by atoms with Crippen molar-refractivity contribution in [3.8, 4) is 0 Å². The van der Waals surface area contributed by atoms with E-state index in [-0.39, 0.29) is 29.5 Å². The van der Waals surface area contributed by atoms with E-state index < -0.39 is 5.60 Å². The zero-order chi connectivity index (χ0) is 22.1. The van der Waals surface area contributed by atoms with Crippen LogP contribution in [0.2, 0.25) is 0 Å². The second-order valence-corrected chi connectivity index (χ2v) is 11.0. The molecule has 0 spiro atoms. The number of aliphatic hydroxyl groups is 3. The third-order valence-corrected chi connectivity index (χ3v) is 8.85. The Bertz CT molecular complexity index is 690. The smallest absolute Gasteiger partial charge is 0.0732 e.